The molecule has 0 spiro atoms. The third-order valence-electron chi connectivity index (χ3n) is 3.82. The number of nitrogens with zero attached hydrogens (tertiary/aromatic N) is 3. The van der Waals surface area contributed by atoms with Crippen molar-refractivity contribution in [3.05, 3.63) is 4.91 Å². The molecular formula is C11H21N3O. The van der Waals surface area contributed by atoms with Gasteiger partial charge < -0.3 is 4.90 Å². The lowest BCUT2D eigenvalue weighted by atomic mass is 9.90. The van der Waals surface area contributed by atoms with Crippen molar-refractivity contribution in [3.63, 3.8) is 0 Å². The first-order valence-corrected chi connectivity index (χ1v) is 6.04. The van der Waals surface area contributed by atoms with Gasteiger partial charge in [0.05, 0.1) is 6.04 Å². The number of rotatable bonds is 2. The average molecular weight is 211 g/mol. The quantitative estimate of drug-likeness (QED) is 0.646. The molecule has 0 aromatic carbocycles. The van der Waals surface area contributed by atoms with E-state index in [4.69, 9.17) is 0 Å². The molecule has 2 rings (SSSR count). The molecule has 2 aliphatic rings. The molecule has 4 heteroatoms. The highest BCUT2D eigenvalue weighted by Gasteiger charge is 2.28. The third-order valence-corrected chi connectivity index (χ3v) is 3.82. The molecule has 1 aliphatic carbocycles. The van der Waals surface area contributed by atoms with Crippen molar-refractivity contribution in [2.75, 3.05) is 33.2 Å². The Kier molecular flexibility index (Phi) is 3.70. The highest BCUT2D eigenvalue weighted by molar-refractivity contribution is 4.85. The Morgan fingerprint density at radius 3 is 2.53 bits per heavy atom. The lowest BCUT2D eigenvalue weighted by Crippen LogP contribution is -2.50. The Labute approximate surface area is 91.6 Å². The van der Waals surface area contributed by atoms with Gasteiger partial charge in [-0.05, 0) is 32.7 Å². The molecule has 4 nitrogen and oxygen atoms in total. The van der Waals surface area contributed by atoms with Gasteiger partial charge in [0, 0.05) is 32.2 Å². The van der Waals surface area contributed by atoms with Gasteiger partial charge in [0.1, 0.15) is 0 Å². The van der Waals surface area contributed by atoms with Gasteiger partial charge in [0.15, 0.2) is 0 Å². The van der Waals surface area contributed by atoms with Crippen LogP contribution in [0.2, 0.25) is 0 Å². The molecule has 1 saturated heterocycles. The fraction of sp³-hybridized carbons (Fsp3) is 1.00. The van der Waals surface area contributed by atoms with Crippen molar-refractivity contribution in [1.29, 1.82) is 0 Å². The molecule has 15 heavy (non-hydrogen) atoms. The molecule has 2 fully saturated rings. The second-order valence-corrected chi connectivity index (χ2v) is 4.92. The summed E-state index contributed by atoms with van der Waals surface area (Å²) in [6, 6.07) is 0.707. The Balaban J connectivity index is 1.84. The second kappa shape index (κ2) is 5.03. The van der Waals surface area contributed by atoms with Crippen LogP contribution in [0.1, 0.15) is 25.7 Å². The Morgan fingerprint density at radius 2 is 1.87 bits per heavy atom. The van der Waals surface area contributed by atoms with Crippen molar-refractivity contribution >= 4 is 0 Å². The van der Waals surface area contributed by atoms with Crippen molar-refractivity contribution in [1.82, 2.24) is 9.80 Å². The highest BCUT2D eigenvalue weighted by atomic mass is 16.3. The Hall–Kier alpha value is -0.480. The Morgan fingerprint density at radius 1 is 1.13 bits per heavy atom. The molecule has 2 unspecified atom stereocenters. The van der Waals surface area contributed by atoms with Crippen LogP contribution in [0.25, 0.3) is 0 Å². The number of hydrogen-bond donors (Lipinski definition) is 0. The lowest BCUT2D eigenvalue weighted by molar-refractivity contribution is 0.0869. The molecular weight excluding hydrogens is 190 g/mol. The summed E-state index contributed by atoms with van der Waals surface area (Å²) in [7, 11) is 2.17. The van der Waals surface area contributed by atoms with E-state index in [1.54, 1.807) is 0 Å². The van der Waals surface area contributed by atoms with Crippen LogP contribution in [0, 0.1) is 4.91 Å². The average Bonchev–Trinajstić information content (AvgIpc) is 2.30. The van der Waals surface area contributed by atoms with Gasteiger partial charge >= 0.3 is 0 Å². The van der Waals surface area contributed by atoms with Gasteiger partial charge in [-0.25, -0.2) is 0 Å². The molecule has 1 heterocycles. The zero-order chi connectivity index (χ0) is 10.7. The van der Waals surface area contributed by atoms with Crippen LogP contribution in [0.5, 0.6) is 0 Å². The predicted octanol–water partition coefficient (Wildman–Crippen LogP) is 1.31. The zero-order valence-electron chi connectivity index (χ0n) is 9.56. The molecule has 1 aliphatic heterocycles. The highest BCUT2D eigenvalue weighted by Crippen LogP contribution is 2.25. The fourth-order valence-electron chi connectivity index (χ4n) is 2.75. The van der Waals surface area contributed by atoms with Crippen LogP contribution in [0.4, 0.5) is 0 Å². The second-order valence-electron chi connectivity index (χ2n) is 4.92. The molecule has 0 radical (unpaired) electrons. The normalized spacial score (nSPS) is 35.3. The van der Waals surface area contributed by atoms with Gasteiger partial charge in [-0.2, -0.15) is 4.91 Å². The van der Waals surface area contributed by atoms with Crippen LogP contribution >= 0.6 is 0 Å². The molecule has 2 atom stereocenters. The van der Waals surface area contributed by atoms with E-state index in [2.05, 4.69) is 22.0 Å². The zero-order valence-corrected chi connectivity index (χ0v) is 9.56. The topological polar surface area (TPSA) is 35.9 Å². The number of hydrogen-bond acceptors (Lipinski definition) is 4. The summed E-state index contributed by atoms with van der Waals surface area (Å²) in [5, 5.41) is 3.22. The van der Waals surface area contributed by atoms with E-state index in [-0.39, 0.29) is 6.04 Å². The van der Waals surface area contributed by atoms with Crippen LogP contribution < -0.4 is 0 Å². The van der Waals surface area contributed by atoms with Gasteiger partial charge in [-0.1, -0.05) is 5.18 Å². The summed E-state index contributed by atoms with van der Waals surface area (Å²) in [6.07, 6.45) is 4.43. The molecule has 0 bridgehead atoms. The van der Waals surface area contributed by atoms with Gasteiger partial charge in [0.25, 0.3) is 0 Å². The SMILES string of the molecule is CN1CCN(C2CCCC(N=O)C2)CC1. The Bertz CT molecular complexity index is 214. The standard InChI is InChI=1S/C11H21N3O/c1-13-5-7-14(8-6-13)11-4-2-3-10(9-11)12-15/h10-11H,2-9H2,1H3. The van der Waals surface area contributed by atoms with E-state index in [1.165, 1.54) is 12.8 Å². The van der Waals surface area contributed by atoms with Crippen LogP contribution in [0.15, 0.2) is 5.18 Å². The first-order chi connectivity index (χ1) is 7.29. The molecule has 0 aromatic heterocycles. The molecule has 0 N–H and O–H groups in total. The molecule has 1 saturated carbocycles. The van der Waals surface area contributed by atoms with Crippen LogP contribution in [-0.4, -0.2) is 55.1 Å². The first kappa shape index (κ1) is 11.0. The maximum Gasteiger partial charge on any atom is 0.0934 e. The summed E-state index contributed by atoms with van der Waals surface area (Å²) in [6.45, 7) is 4.64. The summed E-state index contributed by atoms with van der Waals surface area (Å²) < 4.78 is 0. The van der Waals surface area contributed by atoms with Crippen molar-refractivity contribution in [3.8, 4) is 0 Å². The summed E-state index contributed by atoms with van der Waals surface area (Å²) in [5.74, 6) is 0. The fourth-order valence-corrected chi connectivity index (χ4v) is 2.75. The van der Waals surface area contributed by atoms with E-state index in [0.717, 1.165) is 39.0 Å². The van der Waals surface area contributed by atoms with Gasteiger partial charge in [-0.3, -0.25) is 4.90 Å². The van der Waals surface area contributed by atoms with E-state index in [1.807, 2.05) is 0 Å². The van der Waals surface area contributed by atoms with E-state index >= 15 is 0 Å². The minimum absolute atomic E-state index is 0.0865. The maximum absolute atomic E-state index is 10.6. The van der Waals surface area contributed by atoms with Crippen molar-refractivity contribution in [2.24, 2.45) is 5.18 Å². The summed E-state index contributed by atoms with van der Waals surface area (Å²) >= 11 is 0. The number of piperazine rings is 1. The molecule has 0 amide bonds. The largest absolute Gasteiger partial charge is 0.304 e. The first-order valence-electron chi connectivity index (χ1n) is 6.04. The van der Waals surface area contributed by atoms with Crippen LogP contribution in [0.3, 0.4) is 0 Å². The number of nitroso groups, excluding NO2 is 1. The maximum atomic E-state index is 10.6. The smallest absolute Gasteiger partial charge is 0.0934 e. The van der Waals surface area contributed by atoms with Crippen molar-refractivity contribution in [2.45, 2.75) is 37.8 Å². The van der Waals surface area contributed by atoms with Crippen molar-refractivity contribution < 1.29 is 0 Å². The van der Waals surface area contributed by atoms with Crippen LogP contribution in [-0.2, 0) is 0 Å². The summed E-state index contributed by atoms with van der Waals surface area (Å²) in [5.41, 5.74) is 0. The minimum atomic E-state index is 0.0865. The third kappa shape index (κ3) is 2.75. The van der Waals surface area contributed by atoms with E-state index < -0.39 is 0 Å². The number of likely N-dealkylation sites (N-methyl/N-ethyl adjacent to an activating group) is 1. The lowest BCUT2D eigenvalue weighted by Gasteiger charge is -2.40. The van der Waals surface area contributed by atoms with Gasteiger partial charge in [0.2, 0.25) is 0 Å². The summed E-state index contributed by atoms with van der Waals surface area (Å²) in [4.78, 5) is 15.5. The van der Waals surface area contributed by atoms with E-state index in [0.29, 0.717) is 6.04 Å². The van der Waals surface area contributed by atoms with Gasteiger partial charge in [-0.15, -0.1) is 0 Å². The molecule has 0 aromatic rings. The predicted molar refractivity (Wildman–Crippen MR) is 60.9 cm³/mol. The minimum Gasteiger partial charge on any atom is -0.304 e. The molecule has 86 valence electrons. The van der Waals surface area contributed by atoms with E-state index in [9.17, 15) is 4.91 Å². The monoisotopic (exact) mass is 211 g/mol.